The van der Waals surface area contributed by atoms with Crippen molar-refractivity contribution < 1.29 is 0 Å². The van der Waals surface area contributed by atoms with Crippen LogP contribution in [0.25, 0.3) is 0 Å². The lowest BCUT2D eigenvalue weighted by atomic mass is 9.92. The van der Waals surface area contributed by atoms with Gasteiger partial charge in [0.05, 0.1) is 0 Å². The standard InChI is InChI=1S/C13H18N/c1-9-8-10(2)14-11(3)13(9)12-6-4-5-7-12/h12H,4-7H2,1-3H3. The summed E-state index contributed by atoms with van der Waals surface area (Å²) in [6.07, 6.45) is 5.47. The van der Waals surface area contributed by atoms with E-state index in [9.17, 15) is 0 Å². The summed E-state index contributed by atoms with van der Waals surface area (Å²) in [5.74, 6) is 0.763. The van der Waals surface area contributed by atoms with Crippen LogP contribution in [0, 0.1) is 26.8 Å². The van der Waals surface area contributed by atoms with Crippen LogP contribution in [0.4, 0.5) is 0 Å². The molecule has 0 spiro atoms. The Balaban J connectivity index is 2.40. The molecule has 1 aromatic rings. The quantitative estimate of drug-likeness (QED) is 0.657. The van der Waals surface area contributed by atoms with E-state index in [1.54, 1.807) is 0 Å². The van der Waals surface area contributed by atoms with Gasteiger partial charge in [0, 0.05) is 17.5 Å². The maximum absolute atomic E-state index is 4.52. The van der Waals surface area contributed by atoms with Gasteiger partial charge in [-0.05, 0) is 50.7 Å². The third-order valence-electron chi connectivity index (χ3n) is 3.26. The first-order valence-corrected chi connectivity index (χ1v) is 5.55. The van der Waals surface area contributed by atoms with Gasteiger partial charge in [-0.25, -0.2) is 0 Å². The minimum atomic E-state index is 0.763. The molecule has 0 amide bonds. The summed E-state index contributed by atoms with van der Waals surface area (Å²) < 4.78 is 0. The Labute approximate surface area is 86.6 Å². The number of nitrogens with zero attached hydrogens (tertiary/aromatic N) is 1. The molecule has 14 heavy (non-hydrogen) atoms. The van der Waals surface area contributed by atoms with Gasteiger partial charge in [-0.2, -0.15) is 0 Å². The fourth-order valence-corrected chi connectivity index (χ4v) is 2.77. The summed E-state index contributed by atoms with van der Waals surface area (Å²) >= 11 is 0. The van der Waals surface area contributed by atoms with E-state index in [2.05, 4.69) is 24.9 Å². The van der Waals surface area contributed by atoms with Gasteiger partial charge >= 0.3 is 0 Å². The maximum atomic E-state index is 4.52. The molecule has 0 aliphatic heterocycles. The molecule has 2 rings (SSSR count). The molecule has 1 fully saturated rings. The first-order chi connectivity index (χ1) is 6.68. The number of rotatable bonds is 1. The second-order valence-corrected chi connectivity index (χ2v) is 4.43. The molecular formula is C13H18N. The van der Waals surface area contributed by atoms with Crippen molar-refractivity contribution in [1.82, 2.24) is 4.98 Å². The van der Waals surface area contributed by atoms with Gasteiger partial charge in [0.25, 0.3) is 0 Å². The van der Waals surface area contributed by atoms with Crippen molar-refractivity contribution in [2.45, 2.75) is 52.4 Å². The SMILES string of the molecule is Cc1[c]c(C)c(C2CCCC2)c(C)n1. The van der Waals surface area contributed by atoms with Gasteiger partial charge in [0.15, 0.2) is 0 Å². The van der Waals surface area contributed by atoms with Crippen LogP contribution in [0.5, 0.6) is 0 Å². The zero-order valence-corrected chi connectivity index (χ0v) is 9.35. The van der Waals surface area contributed by atoms with Crippen LogP contribution in [0.1, 0.15) is 54.1 Å². The fraction of sp³-hybridized carbons (Fsp3) is 0.615. The fourth-order valence-electron chi connectivity index (χ4n) is 2.77. The molecule has 1 aliphatic carbocycles. The largest absolute Gasteiger partial charge is 0.258 e. The Morgan fingerprint density at radius 1 is 1.14 bits per heavy atom. The molecule has 75 valence electrons. The molecule has 0 aromatic carbocycles. The highest BCUT2D eigenvalue weighted by atomic mass is 14.7. The lowest BCUT2D eigenvalue weighted by molar-refractivity contribution is 0.704. The molecule has 1 radical (unpaired) electrons. The molecular weight excluding hydrogens is 170 g/mol. The number of pyridine rings is 1. The molecule has 0 atom stereocenters. The van der Waals surface area contributed by atoms with Crippen LogP contribution < -0.4 is 0 Å². The number of hydrogen-bond donors (Lipinski definition) is 0. The van der Waals surface area contributed by atoms with Crippen LogP contribution in [0.3, 0.4) is 0 Å². The first kappa shape index (κ1) is 9.70. The summed E-state index contributed by atoms with van der Waals surface area (Å²) in [4.78, 5) is 4.52. The molecule has 1 saturated carbocycles. The first-order valence-electron chi connectivity index (χ1n) is 5.55. The van der Waals surface area contributed by atoms with Gasteiger partial charge in [-0.15, -0.1) is 0 Å². The smallest absolute Gasteiger partial charge is 0.0457 e. The van der Waals surface area contributed by atoms with E-state index < -0.39 is 0 Å². The topological polar surface area (TPSA) is 12.9 Å². The average molecular weight is 188 g/mol. The Bertz CT molecular complexity index is 312. The molecule has 1 aromatic heterocycles. The van der Waals surface area contributed by atoms with Crippen molar-refractivity contribution in [1.29, 1.82) is 0 Å². The minimum Gasteiger partial charge on any atom is -0.258 e. The van der Waals surface area contributed by atoms with Crippen molar-refractivity contribution in [3.63, 3.8) is 0 Å². The van der Waals surface area contributed by atoms with Crippen LogP contribution in [0.2, 0.25) is 0 Å². The summed E-state index contributed by atoms with van der Waals surface area (Å²) in [5, 5.41) is 0. The normalized spacial score (nSPS) is 17.6. The highest BCUT2D eigenvalue weighted by molar-refractivity contribution is 5.33. The van der Waals surface area contributed by atoms with Crippen LogP contribution in [0.15, 0.2) is 0 Å². The zero-order chi connectivity index (χ0) is 10.1. The molecule has 0 N–H and O–H groups in total. The molecule has 1 heterocycles. The zero-order valence-electron chi connectivity index (χ0n) is 9.35. The monoisotopic (exact) mass is 188 g/mol. The second-order valence-electron chi connectivity index (χ2n) is 4.43. The van der Waals surface area contributed by atoms with Crippen LogP contribution in [-0.2, 0) is 0 Å². The summed E-state index contributed by atoms with van der Waals surface area (Å²) in [6, 6.07) is 3.35. The molecule has 1 nitrogen and oxygen atoms in total. The summed E-state index contributed by atoms with van der Waals surface area (Å²) in [5.41, 5.74) is 5.06. The second kappa shape index (κ2) is 3.72. The molecule has 1 aliphatic rings. The molecule has 0 saturated heterocycles. The number of aryl methyl sites for hydroxylation is 3. The predicted molar refractivity (Wildman–Crippen MR) is 58.5 cm³/mol. The third kappa shape index (κ3) is 1.68. The van der Waals surface area contributed by atoms with Gasteiger partial charge in [-0.3, -0.25) is 4.98 Å². The van der Waals surface area contributed by atoms with E-state index >= 15 is 0 Å². The van der Waals surface area contributed by atoms with Gasteiger partial charge in [0.2, 0.25) is 0 Å². The minimum absolute atomic E-state index is 0.763. The van der Waals surface area contributed by atoms with Gasteiger partial charge in [0.1, 0.15) is 0 Å². The molecule has 0 unspecified atom stereocenters. The Kier molecular flexibility index (Phi) is 2.58. The lowest BCUT2D eigenvalue weighted by Gasteiger charge is -2.15. The van der Waals surface area contributed by atoms with Gasteiger partial charge in [-0.1, -0.05) is 12.8 Å². The number of aromatic nitrogens is 1. The van der Waals surface area contributed by atoms with Crippen LogP contribution >= 0.6 is 0 Å². The average Bonchev–Trinajstić information content (AvgIpc) is 2.54. The van der Waals surface area contributed by atoms with Crippen molar-refractivity contribution in [2.24, 2.45) is 0 Å². The number of hydrogen-bond acceptors (Lipinski definition) is 1. The summed E-state index contributed by atoms with van der Waals surface area (Å²) in [6.45, 7) is 6.34. The van der Waals surface area contributed by atoms with Crippen molar-refractivity contribution in [2.75, 3.05) is 0 Å². The van der Waals surface area contributed by atoms with Crippen molar-refractivity contribution in [3.8, 4) is 0 Å². The van der Waals surface area contributed by atoms with E-state index in [1.807, 2.05) is 6.92 Å². The van der Waals surface area contributed by atoms with Crippen LogP contribution in [-0.4, -0.2) is 4.98 Å². The van der Waals surface area contributed by atoms with E-state index in [0.717, 1.165) is 11.6 Å². The van der Waals surface area contributed by atoms with E-state index in [-0.39, 0.29) is 0 Å². The molecule has 0 bridgehead atoms. The van der Waals surface area contributed by atoms with Gasteiger partial charge < -0.3 is 0 Å². The van der Waals surface area contributed by atoms with E-state index in [1.165, 1.54) is 42.5 Å². The highest BCUT2D eigenvalue weighted by Gasteiger charge is 2.21. The van der Waals surface area contributed by atoms with Crippen molar-refractivity contribution >= 4 is 0 Å². The Hall–Kier alpha value is -0.850. The Morgan fingerprint density at radius 2 is 1.79 bits per heavy atom. The summed E-state index contributed by atoms with van der Waals surface area (Å²) in [7, 11) is 0. The third-order valence-corrected chi connectivity index (χ3v) is 3.26. The molecule has 1 heteroatoms. The van der Waals surface area contributed by atoms with E-state index in [4.69, 9.17) is 0 Å². The van der Waals surface area contributed by atoms with E-state index in [0.29, 0.717) is 0 Å². The lowest BCUT2D eigenvalue weighted by Crippen LogP contribution is -2.03. The highest BCUT2D eigenvalue weighted by Crippen LogP contribution is 2.36. The maximum Gasteiger partial charge on any atom is 0.0457 e. The predicted octanol–water partition coefficient (Wildman–Crippen LogP) is 3.46. The van der Waals surface area contributed by atoms with Crippen molar-refractivity contribution in [3.05, 3.63) is 28.6 Å². The Morgan fingerprint density at radius 3 is 2.36 bits per heavy atom.